The number of nitrogens with zero attached hydrogens (tertiary/aromatic N) is 1. The number of hydrogen-bond donors (Lipinski definition) is 2. The first-order valence-corrected chi connectivity index (χ1v) is 4.62. The van der Waals surface area contributed by atoms with Gasteiger partial charge in [-0.05, 0) is 12.1 Å². The van der Waals surface area contributed by atoms with Crippen LogP contribution >= 0.6 is 11.6 Å². The van der Waals surface area contributed by atoms with Crippen molar-refractivity contribution >= 4 is 17.3 Å². The van der Waals surface area contributed by atoms with Crippen molar-refractivity contribution in [2.24, 2.45) is 0 Å². The van der Waals surface area contributed by atoms with Crippen LogP contribution in [0.25, 0.3) is 0 Å². The van der Waals surface area contributed by atoms with Crippen LogP contribution in [0.5, 0.6) is 0 Å². The van der Waals surface area contributed by atoms with Crippen LogP contribution in [-0.4, -0.2) is 36.5 Å². The van der Waals surface area contributed by atoms with Gasteiger partial charge in [-0.2, -0.15) is 0 Å². The zero-order valence-corrected chi connectivity index (χ0v) is 8.66. The molecule has 0 fully saturated rings. The van der Waals surface area contributed by atoms with Gasteiger partial charge in [-0.15, -0.1) is 0 Å². The monoisotopic (exact) mass is 216 g/mol. The molecule has 0 saturated carbocycles. The smallest absolute Gasteiger partial charge is 0.131 e. The van der Waals surface area contributed by atoms with Crippen molar-refractivity contribution < 1.29 is 9.84 Å². The molecule has 1 heterocycles. The molecule has 0 aliphatic rings. The van der Waals surface area contributed by atoms with Gasteiger partial charge in [0.1, 0.15) is 5.15 Å². The van der Waals surface area contributed by atoms with Gasteiger partial charge in [0.05, 0.1) is 12.7 Å². The largest absolute Gasteiger partial charge is 0.389 e. The third-order valence-corrected chi connectivity index (χ3v) is 1.83. The molecule has 1 atom stereocenters. The summed E-state index contributed by atoms with van der Waals surface area (Å²) in [5.41, 5.74) is 0.833. The number of ether oxygens (including phenoxy) is 1. The Balaban J connectivity index is 2.37. The van der Waals surface area contributed by atoms with Crippen molar-refractivity contribution in [1.82, 2.24) is 4.98 Å². The predicted octanol–water partition coefficient (Wildman–Crippen LogP) is 1.15. The first kappa shape index (κ1) is 11.2. The number of aliphatic hydroxyl groups excluding tert-OH is 1. The lowest BCUT2D eigenvalue weighted by Crippen LogP contribution is -2.24. The average Bonchev–Trinajstić information content (AvgIpc) is 2.15. The van der Waals surface area contributed by atoms with Crippen LogP contribution in [0, 0.1) is 0 Å². The minimum Gasteiger partial charge on any atom is -0.389 e. The molecule has 2 N–H and O–H groups in total. The number of nitrogens with one attached hydrogen (secondary N) is 1. The van der Waals surface area contributed by atoms with Gasteiger partial charge in [0.15, 0.2) is 0 Å². The molecule has 0 saturated heterocycles. The van der Waals surface area contributed by atoms with Crippen LogP contribution in [0.1, 0.15) is 0 Å². The van der Waals surface area contributed by atoms with E-state index in [-0.39, 0.29) is 0 Å². The molecule has 4 nitrogen and oxygen atoms in total. The predicted molar refractivity (Wildman–Crippen MR) is 55.6 cm³/mol. The molecule has 0 amide bonds. The Morgan fingerprint density at radius 1 is 1.71 bits per heavy atom. The summed E-state index contributed by atoms with van der Waals surface area (Å²) in [6.45, 7) is 0.736. The number of rotatable bonds is 5. The molecule has 1 rings (SSSR count). The lowest BCUT2D eigenvalue weighted by atomic mass is 10.3. The molecule has 14 heavy (non-hydrogen) atoms. The Kier molecular flexibility index (Phi) is 4.65. The van der Waals surface area contributed by atoms with Gasteiger partial charge >= 0.3 is 0 Å². The third kappa shape index (κ3) is 3.91. The van der Waals surface area contributed by atoms with E-state index in [1.165, 1.54) is 0 Å². The Labute approximate surface area is 87.9 Å². The summed E-state index contributed by atoms with van der Waals surface area (Å²) >= 11 is 5.68. The van der Waals surface area contributed by atoms with E-state index in [2.05, 4.69) is 10.3 Å². The quantitative estimate of drug-likeness (QED) is 0.726. The fraction of sp³-hybridized carbons (Fsp3) is 0.444. The normalized spacial score (nSPS) is 12.5. The van der Waals surface area contributed by atoms with Crippen LogP contribution < -0.4 is 5.32 Å². The van der Waals surface area contributed by atoms with Crippen molar-refractivity contribution in [2.45, 2.75) is 6.10 Å². The van der Waals surface area contributed by atoms with E-state index >= 15 is 0 Å². The topological polar surface area (TPSA) is 54.4 Å². The maximum atomic E-state index is 9.34. The molecule has 0 bridgehead atoms. The molecule has 5 heteroatoms. The third-order valence-electron chi connectivity index (χ3n) is 1.63. The highest BCUT2D eigenvalue weighted by Crippen LogP contribution is 2.11. The molecular formula is C9H13ClN2O2. The minimum atomic E-state index is -0.521. The first-order chi connectivity index (χ1) is 6.72. The van der Waals surface area contributed by atoms with E-state index in [1.54, 1.807) is 25.4 Å². The molecule has 0 radical (unpaired) electrons. The van der Waals surface area contributed by atoms with Crippen molar-refractivity contribution in [3.8, 4) is 0 Å². The fourth-order valence-corrected chi connectivity index (χ4v) is 1.17. The van der Waals surface area contributed by atoms with Crippen molar-refractivity contribution in [3.63, 3.8) is 0 Å². The highest BCUT2D eigenvalue weighted by Gasteiger charge is 2.02. The number of pyridine rings is 1. The van der Waals surface area contributed by atoms with E-state index in [9.17, 15) is 5.11 Å². The Hall–Kier alpha value is -0.840. The van der Waals surface area contributed by atoms with Crippen LogP contribution in [-0.2, 0) is 4.74 Å². The van der Waals surface area contributed by atoms with Gasteiger partial charge in [-0.1, -0.05) is 11.6 Å². The second-order valence-corrected chi connectivity index (χ2v) is 3.24. The molecule has 1 aromatic heterocycles. The highest BCUT2D eigenvalue weighted by molar-refractivity contribution is 6.29. The fourth-order valence-electron chi connectivity index (χ4n) is 0.999. The molecule has 1 aromatic rings. The zero-order chi connectivity index (χ0) is 10.4. The van der Waals surface area contributed by atoms with E-state index < -0.39 is 6.10 Å². The lowest BCUT2D eigenvalue weighted by molar-refractivity contribution is 0.0727. The Bertz CT molecular complexity index is 283. The maximum Gasteiger partial charge on any atom is 0.131 e. The van der Waals surface area contributed by atoms with Crippen LogP contribution in [0.3, 0.4) is 0 Å². The number of aromatic nitrogens is 1. The van der Waals surface area contributed by atoms with Crippen LogP contribution in [0.15, 0.2) is 18.3 Å². The van der Waals surface area contributed by atoms with Crippen LogP contribution in [0.4, 0.5) is 5.69 Å². The van der Waals surface area contributed by atoms with E-state index in [0.717, 1.165) is 5.69 Å². The van der Waals surface area contributed by atoms with E-state index in [4.69, 9.17) is 16.3 Å². The number of hydrogen-bond acceptors (Lipinski definition) is 4. The standard InChI is InChI=1S/C9H13ClN2O2/c1-14-6-8(13)5-12-7-2-3-11-9(10)4-7/h2-4,8,13H,5-6H2,1H3,(H,11,12). The molecule has 0 aromatic carbocycles. The van der Waals surface area contributed by atoms with Gasteiger partial charge in [-0.3, -0.25) is 0 Å². The van der Waals surface area contributed by atoms with Gasteiger partial charge in [0.25, 0.3) is 0 Å². The SMILES string of the molecule is COCC(O)CNc1ccnc(Cl)c1. The molecular weight excluding hydrogens is 204 g/mol. The number of aliphatic hydroxyl groups is 1. The summed E-state index contributed by atoms with van der Waals surface area (Å²) in [4.78, 5) is 3.84. The van der Waals surface area contributed by atoms with Gasteiger partial charge in [0.2, 0.25) is 0 Å². The van der Waals surface area contributed by atoms with E-state index in [1.807, 2.05) is 0 Å². The van der Waals surface area contributed by atoms with Gasteiger partial charge < -0.3 is 15.2 Å². The second kappa shape index (κ2) is 5.80. The number of anilines is 1. The minimum absolute atomic E-state index is 0.311. The van der Waals surface area contributed by atoms with Gasteiger partial charge in [-0.25, -0.2) is 4.98 Å². The van der Waals surface area contributed by atoms with E-state index in [0.29, 0.717) is 18.3 Å². The van der Waals surface area contributed by atoms with Crippen LogP contribution in [0.2, 0.25) is 5.15 Å². The van der Waals surface area contributed by atoms with Gasteiger partial charge in [0, 0.05) is 25.5 Å². The number of methoxy groups -OCH3 is 1. The van der Waals surface area contributed by atoms with Crippen molar-refractivity contribution in [1.29, 1.82) is 0 Å². The second-order valence-electron chi connectivity index (χ2n) is 2.86. The highest BCUT2D eigenvalue weighted by atomic mass is 35.5. The summed E-state index contributed by atoms with van der Waals surface area (Å²) in [6, 6.07) is 3.48. The Morgan fingerprint density at radius 2 is 2.50 bits per heavy atom. The molecule has 1 unspecified atom stereocenters. The summed E-state index contributed by atoms with van der Waals surface area (Å²) in [7, 11) is 1.55. The van der Waals surface area contributed by atoms with Crippen molar-refractivity contribution in [2.75, 3.05) is 25.6 Å². The maximum absolute atomic E-state index is 9.34. The first-order valence-electron chi connectivity index (χ1n) is 4.25. The zero-order valence-electron chi connectivity index (χ0n) is 7.90. The molecule has 0 spiro atoms. The lowest BCUT2D eigenvalue weighted by Gasteiger charge is -2.11. The van der Waals surface area contributed by atoms with Crippen molar-refractivity contribution in [3.05, 3.63) is 23.5 Å². The summed E-state index contributed by atoms with van der Waals surface area (Å²) in [5.74, 6) is 0. The summed E-state index contributed by atoms with van der Waals surface area (Å²) in [6.07, 6.45) is 1.08. The summed E-state index contributed by atoms with van der Waals surface area (Å²) in [5, 5.41) is 12.8. The summed E-state index contributed by atoms with van der Waals surface area (Å²) < 4.78 is 4.79. The molecule has 78 valence electrons. The molecule has 0 aliphatic heterocycles. The number of halogens is 1. The Morgan fingerprint density at radius 3 is 3.14 bits per heavy atom. The average molecular weight is 217 g/mol. The molecule has 0 aliphatic carbocycles.